The van der Waals surface area contributed by atoms with Crippen LogP contribution in [0.25, 0.3) is 0 Å². The number of rotatable bonds is 9. The van der Waals surface area contributed by atoms with E-state index in [1.807, 2.05) is 12.1 Å². The highest BCUT2D eigenvalue weighted by Crippen LogP contribution is 2.29. The van der Waals surface area contributed by atoms with Crippen LogP contribution in [0.4, 0.5) is 23.0 Å². The minimum atomic E-state index is -0.237. The van der Waals surface area contributed by atoms with Crippen LogP contribution in [-0.4, -0.2) is 59.2 Å². The summed E-state index contributed by atoms with van der Waals surface area (Å²) in [7, 11) is 0. The Morgan fingerprint density at radius 2 is 1.82 bits per heavy atom. The van der Waals surface area contributed by atoms with Gasteiger partial charge in [0.15, 0.2) is 28.3 Å². The number of nitrogens with zero attached hydrogens (tertiary/aromatic N) is 3. The molecule has 1 aromatic carbocycles. The number of ketones is 1. The van der Waals surface area contributed by atoms with Crippen LogP contribution >= 0.6 is 11.6 Å². The second kappa shape index (κ2) is 11.8. The van der Waals surface area contributed by atoms with E-state index >= 15 is 0 Å². The smallest absolute Gasteiger partial charge is 0.185 e. The second-order valence-electron chi connectivity index (χ2n) is 9.15. The van der Waals surface area contributed by atoms with E-state index in [-0.39, 0.29) is 28.8 Å². The number of hydrogen-bond donors (Lipinski definition) is 4. The molecule has 0 amide bonds. The molecule has 2 heterocycles. The number of Topliss-reactive ketones (excluding diaryl/α,β-unsaturated/α-hetero) is 1. The number of hydrogen-bond acceptors (Lipinski definition) is 8. The van der Waals surface area contributed by atoms with Gasteiger partial charge in [0.2, 0.25) is 0 Å². The highest BCUT2D eigenvalue weighted by Gasteiger charge is 2.23. The molecular formula is C25H35ClN6O2. The number of benzene rings is 1. The molecule has 8 nitrogen and oxygen atoms in total. The van der Waals surface area contributed by atoms with E-state index in [4.69, 9.17) is 16.6 Å². The number of anilines is 4. The molecule has 4 rings (SSSR count). The monoisotopic (exact) mass is 486 g/mol. The third kappa shape index (κ3) is 6.37. The lowest BCUT2D eigenvalue weighted by Gasteiger charge is -2.29. The molecule has 2 aromatic rings. The average Bonchev–Trinajstić information content (AvgIpc) is 2.86. The Kier molecular flexibility index (Phi) is 8.59. The van der Waals surface area contributed by atoms with Crippen molar-refractivity contribution in [2.45, 2.75) is 64.0 Å². The van der Waals surface area contributed by atoms with Crippen molar-refractivity contribution in [3.63, 3.8) is 0 Å². The van der Waals surface area contributed by atoms with Crippen molar-refractivity contribution >= 4 is 40.4 Å². The van der Waals surface area contributed by atoms with E-state index < -0.39 is 0 Å². The molecule has 0 unspecified atom stereocenters. The van der Waals surface area contributed by atoms with Gasteiger partial charge < -0.3 is 26.0 Å². The van der Waals surface area contributed by atoms with Crippen LogP contribution in [-0.2, 0) is 0 Å². The van der Waals surface area contributed by atoms with Crippen LogP contribution in [0, 0.1) is 0 Å². The van der Waals surface area contributed by atoms with Crippen molar-refractivity contribution in [2.24, 2.45) is 0 Å². The predicted molar refractivity (Wildman–Crippen MR) is 138 cm³/mol. The van der Waals surface area contributed by atoms with Gasteiger partial charge >= 0.3 is 0 Å². The maximum atomic E-state index is 12.9. The number of aliphatic hydroxyl groups excluding tert-OH is 1. The molecule has 0 radical (unpaired) electrons. The fourth-order valence-corrected chi connectivity index (χ4v) is 4.65. The van der Waals surface area contributed by atoms with Gasteiger partial charge in [-0.15, -0.1) is 0 Å². The molecule has 1 aromatic heterocycles. The highest BCUT2D eigenvalue weighted by atomic mass is 35.5. The van der Waals surface area contributed by atoms with Crippen molar-refractivity contribution in [2.75, 3.05) is 41.7 Å². The number of piperazine rings is 1. The van der Waals surface area contributed by atoms with E-state index in [9.17, 15) is 9.90 Å². The Balaban J connectivity index is 1.55. The number of carbonyl (C=O) groups excluding carboxylic acids is 1. The number of nitrogens with one attached hydrogen (secondary N) is 3. The summed E-state index contributed by atoms with van der Waals surface area (Å²) in [4.78, 5) is 24.4. The Bertz CT molecular complexity index is 957. The zero-order chi connectivity index (χ0) is 23.9. The van der Waals surface area contributed by atoms with E-state index in [1.165, 1.54) is 5.69 Å². The Labute approximate surface area is 206 Å². The van der Waals surface area contributed by atoms with Gasteiger partial charge in [0, 0.05) is 50.0 Å². The zero-order valence-corrected chi connectivity index (χ0v) is 20.6. The fourth-order valence-electron chi connectivity index (χ4n) is 4.47. The van der Waals surface area contributed by atoms with Crippen LogP contribution in [0.3, 0.4) is 0 Å². The summed E-state index contributed by atoms with van der Waals surface area (Å²) in [6.45, 7) is 6.00. The van der Waals surface area contributed by atoms with Gasteiger partial charge in [-0.25, -0.2) is 9.97 Å². The normalized spacial score (nSPS) is 20.7. The fraction of sp³-hybridized carbons (Fsp3) is 0.560. The molecule has 9 heteroatoms. The van der Waals surface area contributed by atoms with Crippen LogP contribution < -0.4 is 20.9 Å². The minimum Gasteiger partial charge on any atom is -0.393 e. The first-order chi connectivity index (χ1) is 16.5. The molecule has 4 N–H and O–H groups in total. The SMILES string of the molecule is CCCCC(=O)c1nc(Cl)c(NC2CCC(O)CC2)nc1Nc1ccc(N2CCNCC2)cc1. The maximum Gasteiger partial charge on any atom is 0.185 e. The molecule has 1 aliphatic heterocycles. The first-order valence-corrected chi connectivity index (χ1v) is 12.8. The molecule has 0 atom stereocenters. The molecule has 0 bridgehead atoms. The number of aromatic nitrogens is 2. The van der Waals surface area contributed by atoms with Crippen LogP contribution in [0.5, 0.6) is 0 Å². The number of unbranched alkanes of at least 4 members (excludes halogenated alkanes) is 1. The van der Waals surface area contributed by atoms with Crippen LogP contribution in [0.15, 0.2) is 24.3 Å². The summed E-state index contributed by atoms with van der Waals surface area (Å²) in [5.41, 5.74) is 2.29. The summed E-state index contributed by atoms with van der Waals surface area (Å²) in [5.74, 6) is 0.817. The van der Waals surface area contributed by atoms with Gasteiger partial charge in [0.05, 0.1) is 6.10 Å². The highest BCUT2D eigenvalue weighted by molar-refractivity contribution is 6.32. The van der Waals surface area contributed by atoms with Gasteiger partial charge in [0.25, 0.3) is 0 Å². The van der Waals surface area contributed by atoms with Gasteiger partial charge in [-0.2, -0.15) is 0 Å². The standard InChI is InChI=1S/C25H35ClN6O2/c1-2-3-4-21(34)22-24(28-17-5-9-19(10-6-17)32-15-13-27-14-16-32)31-25(23(26)30-22)29-18-7-11-20(33)12-8-18/h5-6,9-10,18,20,27,33H,2-4,7-8,11-16H2,1H3,(H2,28,29,31). The largest absolute Gasteiger partial charge is 0.393 e. The summed E-state index contributed by atoms with van der Waals surface area (Å²) < 4.78 is 0. The lowest BCUT2D eigenvalue weighted by molar-refractivity contribution is 0.0975. The summed E-state index contributed by atoms with van der Waals surface area (Å²) in [6.07, 6.45) is 5.07. The Hall–Kier alpha value is -2.42. The molecule has 1 aliphatic carbocycles. The van der Waals surface area contributed by atoms with Crippen molar-refractivity contribution in [1.82, 2.24) is 15.3 Å². The average molecular weight is 487 g/mol. The molecule has 34 heavy (non-hydrogen) atoms. The molecule has 2 fully saturated rings. The van der Waals surface area contributed by atoms with E-state index in [1.54, 1.807) is 0 Å². The zero-order valence-electron chi connectivity index (χ0n) is 19.8. The van der Waals surface area contributed by atoms with Gasteiger partial charge in [-0.3, -0.25) is 4.79 Å². The molecule has 1 saturated carbocycles. The van der Waals surface area contributed by atoms with Gasteiger partial charge in [-0.05, 0) is 56.4 Å². The van der Waals surface area contributed by atoms with Crippen molar-refractivity contribution in [3.05, 3.63) is 35.1 Å². The summed E-state index contributed by atoms with van der Waals surface area (Å²) in [5, 5.41) is 20.0. The molecular weight excluding hydrogens is 452 g/mol. The number of halogens is 1. The van der Waals surface area contributed by atoms with E-state index in [0.29, 0.717) is 18.1 Å². The number of aliphatic hydroxyl groups is 1. The Morgan fingerprint density at radius 3 is 2.50 bits per heavy atom. The molecule has 184 valence electrons. The number of carbonyl (C=O) groups is 1. The Morgan fingerprint density at radius 1 is 1.12 bits per heavy atom. The van der Waals surface area contributed by atoms with E-state index in [0.717, 1.165) is 70.4 Å². The molecule has 2 aliphatic rings. The molecule has 1 saturated heterocycles. The van der Waals surface area contributed by atoms with E-state index in [2.05, 4.69) is 44.9 Å². The predicted octanol–water partition coefficient (Wildman–Crippen LogP) is 4.37. The van der Waals surface area contributed by atoms with Gasteiger partial charge in [-0.1, -0.05) is 24.9 Å². The van der Waals surface area contributed by atoms with Gasteiger partial charge in [0.1, 0.15) is 0 Å². The van der Waals surface area contributed by atoms with Crippen molar-refractivity contribution < 1.29 is 9.90 Å². The van der Waals surface area contributed by atoms with Crippen molar-refractivity contribution in [3.8, 4) is 0 Å². The summed E-state index contributed by atoms with van der Waals surface area (Å²) >= 11 is 6.46. The van der Waals surface area contributed by atoms with Crippen LogP contribution in [0.1, 0.15) is 62.4 Å². The maximum absolute atomic E-state index is 12.9. The first kappa shape index (κ1) is 24.7. The third-order valence-corrected chi connectivity index (χ3v) is 6.79. The minimum absolute atomic E-state index is 0.0662. The third-order valence-electron chi connectivity index (χ3n) is 6.52. The molecule has 0 spiro atoms. The van der Waals surface area contributed by atoms with Crippen LogP contribution in [0.2, 0.25) is 5.15 Å². The lowest BCUT2D eigenvalue weighted by Crippen LogP contribution is -2.43. The topological polar surface area (TPSA) is 102 Å². The van der Waals surface area contributed by atoms with Crippen molar-refractivity contribution in [1.29, 1.82) is 0 Å². The quantitative estimate of drug-likeness (QED) is 0.387. The first-order valence-electron chi connectivity index (χ1n) is 12.4. The second-order valence-corrected chi connectivity index (χ2v) is 9.50. The summed E-state index contributed by atoms with van der Waals surface area (Å²) in [6, 6.07) is 8.35. The lowest BCUT2D eigenvalue weighted by atomic mass is 9.93.